The molecule has 0 saturated carbocycles. The molecule has 1 aliphatic heterocycles. The van der Waals surface area contributed by atoms with Crippen LogP contribution < -0.4 is 20.7 Å². The van der Waals surface area contributed by atoms with Crippen LogP contribution in [0.5, 0.6) is 5.75 Å². The van der Waals surface area contributed by atoms with E-state index in [0.717, 1.165) is 57.6 Å². The molecule has 0 spiro atoms. The van der Waals surface area contributed by atoms with Crippen LogP contribution in [0.3, 0.4) is 0 Å². The predicted octanol–water partition coefficient (Wildman–Crippen LogP) is 2.76. The molecule has 0 radical (unpaired) electrons. The molecule has 1 saturated heterocycles. The quantitative estimate of drug-likeness (QED) is 0.470. The standard InChI is InChI=1S/C27H35N3O4/c1-19(31)29-13-12-28-17-20-4-5-23-16-24(9-6-22(23)15-20)30-27(32)21-7-10-25(11-8-21)34-18-26-3-2-14-33-26/h4-5,7-8,10-11,15,24,26,28H,2-3,6,9,12-14,16-18H2,1H3,(H,29,31)(H,30,32)/t24-,26-/m0/s1. The van der Waals surface area contributed by atoms with Gasteiger partial charge in [-0.05, 0) is 73.1 Å². The molecule has 2 aromatic carbocycles. The van der Waals surface area contributed by atoms with E-state index < -0.39 is 0 Å². The van der Waals surface area contributed by atoms with Gasteiger partial charge in [-0.2, -0.15) is 0 Å². The number of nitrogens with one attached hydrogen (secondary N) is 3. The van der Waals surface area contributed by atoms with Crippen LogP contribution in [0.25, 0.3) is 0 Å². The Kier molecular flexibility index (Phi) is 8.55. The number of rotatable bonds is 10. The molecule has 3 N–H and O–H groups in total. The second-order valence-corrected chi connectivity index (χ2v) is 9.15. The molecule has 2 atom stereocenters. The average molecular weight is 466 g/mol. The lowest BCUT2D eigenvalue weighted by Gasteiger charge is -2.26. The van der Waals surface area contributed by atoms with E-state index in [9.17, 15) is 9.59 Å². The first-order chi connectivity index (χ1) is 16.6. The second-order valence-electron chi connectivity index (χ2n) is 9.15. The van der Waals surface area contributed by atoms with E-state index in [1.54, 1.807) is 0 Å². The topological polar surface area (TPSA) is 88.7 Å². The van der Waals surface area contributed by atoms with Gasteiger partial charge in [-0.25, -0.2) is 0 Å². The maximum absolute atomic E-state index is 12.8. The summed E-state index contributed by atoms with van der Waals surface area (Å²) in [7, 11) is 0. The monoisotopic (exact) mass is 465 g/mol. The predicted molar refractivity (Wildman–Crippen MR) is 131 cm³/mol. The Morgan fingerprint density at radius 3 is 2.68 bits per heavy atom. The Morgan fingerprint density at radius 2 is 1.91 bits per heavy atom. The van der Waals surface area contributed by atoms with Gasteiger partial charge < -0.3 is 25.4 Å². The van der Waals surface area contributed by atoms with Crippen molar-refractivity contribution in [1.82, 2.24) is 16.0 Å². The molecule has 4 rings (SSSR count). The highest BCUT2D eigenvalue weighted by molar-refractivity contribution is 5.94. The summed E-state index contributed by atoms with van der Waals surface area (Å²) in [6.45, 7) is 5.05. The van der Waals surface area contributed by atoms with Crippen molar-refractivity contribution >= 4 is 11.8 Å². The number of hydrogen-bond acceptors (Lipinski definition) is 5. The number of fused-ring (bicyclic) bond motifs is 1. The van der Waals surface area contributed by atoms with Crippen LogP contribution in [0.1, 0.15) is 53.2 Å². The van der Waals surface area contributed by atoms with Gasteiger partial charge in [0.1, 0.15) is 12.4 Å². The Labute approximate surface area is 201 Å². The van der Waals surface area contributed by atoms with Crippen LogP contribution in [-0.4, -0.2) is 50.3 Å². The third kappa shape index (κ3) is 7.05. The van der Waals surface area contributed by atoms with E-state index in [1.165, 1.54) is 23.6 Å². The Bertz CT molecular complexity index is 970. The van der Waals surface area contributed by atoms with Crippen LogP contribution in [0.2, 0.25) is 0 Å². The minimum absolute atomic E-state index is 0.00616. The first-order valence-corrected chi connectivity index (χ1v) is 12.3. The fraction of sp³-hybridized carbons (Fsp3) is 0.481. The van der Waals surface area contributed by atoms with Gasteiger partial charge in [0, 0.05) is 44.8 Å². The van der Waals surface area contributed by atoms with Crippen molar-refractivity contribution < 1.29 is 19.1 Å². The Morgan fingerprint density at radius 1 is 1.06 bits per heavy atom. The highest BCUT2D eigenvalue weighted by Gasteiger charge is 2.21. The summed E-state index contributed by atoms with van der Waals surface area (Å²) in [5.41, 5.74) is 4.55. The van der Waals surface area contributed by atoms with E-state index in [4.69, 9.17) is 9.47 Å². The Hall–Kier alpha value is -2.90. The molecule has 2 amide bonds. The molecular weight excluding hydrogens is 430 g/mol. The van der Waals surface area contributed by atoms with E-state index in [2.05, 4.69) is 34.1 Å². The summed E-state index contributed by atoms with van der Waals surface area (Å²) in [6, 6.07) is 14.1. The van der Waals surface area contributed by atoms with E-state index in [0.29, 0.717) is 18.7 Å². The van der Waals surface area contributed by atoms with Crippen LogP contribution in [0, 0.1) is 0 Å². The molecule has 7 nitrogen and oxygen atoms in total. The van der Waals surface area contributed by atoms with Gasteiger partial charge in [0.05, 0.1) is 6.10 Å². The van der Waals surface area contributed by atoms with Crippen molar-refractivity contribution in [2.75, 3.05) is 26.3 Å². The number of aryl methyl sites for hydroxylation is 1. The molecule has 1 heterocycles. The van der Waals surface area contributed by atoms with Crippen molar-refractivity contribution in [1.29, 1.82) is 0 Å². The van der Waals surface area contributed by atoms with E-state index >= 15 is 0 Å². The molecule has 1 fully saturated rings. The van der Waals surface area contributed by atoms with Crippen LogP contribution >= 0.6 is 0 Å². The highest BCUT2D eigenvalue weighted by atomic mass is 16.5. The van der Waals surface area contributed by atoms with Gasteiger partial charge >= 0.3 is 0 Å². The largest absolute Gasteiger partial charge is 0.491 e. The smallest absolute Gasteiger partial charge is 0.251 e. The number of benzene rings is 2. The zero-order valence-electron chi connectivity index (χ0n) is 19.9. The van der Waals surface area contributed by atoms with Crippen molar-refractivity contribution in [3.05, 3.63) is 64.7 Å². The van der Waals surface area contributed by atoms with Crippen molar-refractivity contribution in [2.45, 2.75) is 57.7 Å². The lowest BCUT2D eigenvalue weighted by Crippen LogP contribution is -2.38. The first-order valence-electron chi connectivity index (χ1n) is 12.3. The highest BCUT2D eigenvalue weighted by Crippen LogP contribution is 2.23. The Balaban J connectivity index is 1.22. The number of carbonyl (C=O) groups is 2. The lowest BCUT2D eigenvalue weighted by molar-refractivity contribution is -0.118. The molecule has 0 unspecified atom stereocenters. The zero-order valence-corrected chi connectivity index (χ0v) is 19.9. The normalized spacial score (nSPS) is 19.3. The van der Waals surface area contributed by atoms with Crippen molar-refractivity contribution in [3.8, 4) is 5.75 Å². The van der Waals surface area contributed by atoms with Crippen molar-refractivity contribution in [2.24, 2.45) is 0 Å². The molecule has 34 heavy (non-hydrogen) atoms. The summed E-state index contributed by atoms with van der Waals surface area (Å²) in [6.07, 6.45) is 5.05. The third-order valence-electron chi connectivity index (χ3n) is 6.42. The fourth-order valence-electron chi connectivity index (χ4n) is 4.54. The molecule has 1 aliphatic carbocycles. The first kappa shape index (κ1) is 24.2. The molecule has 2 aromatic rings. The van der Waals surface area contributed by atoms with Gasteiger partial charge in [0.15, 0.2) is 0 Å². The van der Waals surface area contributed by atoms with Gasteiger partial charge in [-0.1, -0.05) is 18.2 Å². The minimum Gasteiger partial charge on any atom is -0.491 e. The SMILES string of the molecule is CC(=O)NCCNCc1ccc2c(c1)CC[C@H](NC(=O)c1ccc(OC[C@@H]3CCCO3)cc1)C2. The lowest BCUT2D eigenvalue weighted by atomic mass is 9.87. The number of carbonyl (C=O) groups excluding carboxylic acids is 2. The molecule has 2 aliphatic rings. The van der Waals surface area contributed by atoms with Crippen LogP contribution in [-0.2, 0) is 28.9 Å². The summed E-state index contributed by atoms with van der Waals surface area (Å²) in [5, 5.41) is 9.34. The van der Waals surface area contributed by atoms with Gasteiger partial charge in [0.25, 0.3) is 5.91 Å². The van der Waals surface area contributed by atoms with E-state index in [1.807, 2.05) is 24.3 Å². The average Bonchev–Trinajstić information content (AvgIpc) is 3.36. The fourth-order valence-corrected chi connectivity index (χ4v) is 4.54. The van der Waals surface area contributed by atoms with E-state index in [-0.39, 0.29) is 24.0 Å². The summed E-state index contributed by atoms with van der Waals surface area (Å²) in [5.74, 6) is 0.714. The molecule has 182 valence electrons. The van der Waals surface area contributed by atoms with Gasteiger partial charge in [-0.3, -0.25) is 9.59 Å². The van der Waals surface area contributed by atoms with Gasteiger partial charge in [-0.15, -0.1) is 0 Å². The minimum atomic E-state index is -0.0425. The zero-order chi connectivity index (χ0) is 23.8. The maximum Gasteiger partial charge on any atom is 0.251 e. The maximum atomic E-state index is 12.8. The van der Waals surface area contributed by atoms with Gasteiger partial charge in [0.2, 0.25) is 5.91 Å². The second kappa shape index (κ2) is 12.0. The number of ether oxygens (including phenoxy) is 2. The molecule has 7 heteroatoms. The number of hydrogen-bond donors (Lipinski definition) is 3. The van der Waals surface area contributed by atoms with Crippen molar-refractivity contribution in [3.63, 3.8) is 0 Å². The third-order valence-corrected chi connectivity index (χ3v) is 6.42. The molecule has 0 bridgehead atoms. The summed E-state index contributed by atoms with van der Waals surface area (Å²) in [4.78, 5) is 23.7. The molecular formula is C27H35N3O4. The summed E-state index contributed by atoms with van der Waals surface area (Å²) < 4.78 is 11.4. The molecule has 0 aromatic heterocycles. The van der Waals surface area contributed by atoms with Crippen LogP contribution in [0.4, 0.5) is 0 Å². The van der Waals surface area contributed by atoms with Crippen LogP contribution in [0.15, 0.2) is 42.5 Å². The summed E-state index contributed by atoms with van der Waals surface area (Å²) >= 11 is 0. The number of amides is 2.